The van der Waals surface area contributed by atoms with E-state index in [1.165, 1.54) is 77.0 Å². The zero-order valence-electron chi connectivity index (χ0n) is 42.0. The first-order valence-corrected chi connectivity index (χ1v) is 26.4. The minimum Gasteiger partial charge on any atom is -0.462 e. The van der Waals surface area contributed by atoms with E-state index in [9.17, 15) is 14.4 Å². The Balaban J connectivity index is 4.52. The van der Waals surface area contributed by atoms with E-state index in [2.05, 4.69) is 124 Å². The number of esters is 3. The Morgan fingerprint density at radius 2 is 0.708 bits per heavy atom. The molecule has 0 radical (unpaired) electrons. The van der Waals surface area contributed by atoms with Crippen molar-refractivity contribution in [2.24, 2.45) is 0 Å². The average molecular weight is 901 g/mol. The van der Waals surface area contributed by atoms with E-state index in [1.54, 1.807) is 0 Å². The predicted octanol–water partition coefficient (Wildman–Crippen LogP) is 17.5. The van der Waals surface area contributed by atoms with Crippen LogP contribution in [0.5, 0.6) is 0 Å². The SMILES string of the molecule is CC/C=C/C=C/C=C/CCCCCCCC(=O)OCC(COC(=O)CC/C=C/C/C=C/C/C=C/C/C=C/C/C=C/C/C=C/CC)OC(=O)CCCCCCCCCCCCCCCCC. The van der Waals surface area contributed by atoms with Crippen molar-refractivity contribution >= 4 is 17.9 Å². The lowest BCUT2D eigenvalue weighted by Gasteiger charge is -2.18. The average Bonchev–Trinajstić information content (AvgIpc) is 3.30. The van der Waals surface area contributed by atoms with E-state index in [-0.39, 0.29) is 37.5 Å². The van der Waals surface area contributed by atoms with E-state index in [0.717, 1.165) is 103 Å². The van der Waals surface area contributed by atoms with Gasteiger partial charge in [0.15, 0.2) is 6.10 Å². The summed E-state index contributed by atoms with van der Waals surface area (Å²) in [4.78, 5) is 38.0. The van der Waals surface area contributed by atoms with Crippen LogP contribution < -0.4 is 0 Å². The van der Waals surface area contributed by atoms with Gasteiger partial charge in [0.05, 0.1) is 0 Å². The van der Waals surface area contributed by atoms with Crippen molar-refractivity contribution < 1.29 is 28.6 Å². The van der Waals surface area contributed by atoms with Crippen molar-refractivity contribution in [3.8, 4) is 0 Å². The second-order valence-electron chi connectivity index (χ2n) is 17.1. The van der Waals surface area contributed by atoms with Gasteiger partial charge in [0.1, 0.15) is 13.2 Å². The molecular formula is C59H96O6. The fourth-order valence-corrected chi connectivity index (χ4v) is 6.94. The number of carbonyl (C=O) groups excluding carboxylic acids is 3. The molecule has 0 aliphatic carbocycles. The smallest absolute Gasteiger partial charge is 0.306 e. The molecule has 0 aromatic carbocycles. The topological polar surface area (TPSA) is 78.9 Å². The molecule has 65 heavy (non-hydrogen) atoms. The van der Waals surface area contributed by atoms with Crippen LogP contribution in [0.2, 0.25) is 0 Å². The van der Waals surface area contributed by atoms with Crippen molar-refractivity contribution in [2.75, 3.05) is 13.2 Å². The summed E-state index contributed by atoms with van der Waals surface area (Å²) in [6.45, 7) is 6.30. The van der Waals surface area contributed by atoms with Gasteiger partial charge in [0.25, 0.3) is 0 Å². The van der Waals surface area contributed by atoms with Gasteiger partial charge in [-0.3, -0.25) is 14.4 Å². The molecule has 0 aliphatic heterocycles. The second kappa shape index (κ2) is 52.7. The largest absolute Gasteiger partial charge is 0.462 e. The quantitative estimate of drug-likeness (QED) is 0.0199. The second-order valence-corrected chi connectivity index (χ2v) is 17.1. The van der Waals surface area contributed by atoms with Gasteiger partial charge in [-0.15, -0.1) is 0 Å². The summed E-state index contributed by atoms with van der Waals surface area (Å²) in [5.74, 6) is -1.02. The van der Waals surface area contributed by atoms with Crippen LogP contribution in [0.3, 0.4) is 0 Å². The first kappa shape index (κ1) is 61.1. The van der Waals surface area contributed by atoms with Gasteiger partial charge in [0.2, 0.25) is 0 Å². The molecule has 0 aromatic rings. The van der Waals surface area contributed by atoms with Gasteiger partial charge in [-0.1, -0.05) is 239 Å². The maximum absolute atomic E-state index is 12.8. The van der Waals surface area contributed by atoms with E-state index >= 15 is 0 Å². The highest BCUT2D eigenvalue weighted by molar-refractivity contribution is 5.71. The molecule has 0 spiro atoms. The van der Waals surface area contributed by atoms with Crippen LogP contribution in [0.15, 0.2) is 109 Å². The molecule has 1 atom stereocenters. The summed E-state index contributed by atoms with van der Waals surface area (Å²) >= 11 is 0. The normalized spacial score (nSPS) is 13.0. The maximum atomic E-state index is 12.8. The molecule has 0 N–H and O–H groups in total. The number of rotatable bonds is 46. The Morgan fingerprint density at radius 1 is 0.338 bits per heavy atom. The first-order chi connectivity index (χ1) is 32.0. The van der Waals surface area contributed by atoms with Gasteiger partial charge in [0, 0.05) is 19.3 Å². The van der Waals surface area contributed by atoms with Gasteiger partial charge in [-0.05, 0) is 77.0 Å². The Labute approximate surface area is 400 Å². The maximum Gasteiger partial charge on any atom is 0.306 e. The summed E-state index contributed by atoms with van der Waals surface area (Å²) < 4.78 is 16.7. The molecule has 0 fully saturated rings. The molecule has 0 amide bonds. The summed E-state index contributed by atoms with van der Waals surface area (Å²) in [5, 5.41) is 0. The lowest BCUT2D eigenvalue weighted by atomic mass is 10.0. The van der Waals surface area contributed by atoms with Crippen LogP contribution in [0, 0.1) is 0 Å². The van der Waals surface area contributed by atoms with Crippen LogP contribution >= 0.6 is 0 Å². The number of unbranched alkanes of at least 4 members (excludes halogenated alkanes) is 19. The summed E-state index contributed by atoms with van der Waals surface area (Å²) in [5.41, 5.74) is 0. The third-order valence-electron chi connectivity index (χ3n) is 10.8. The third-order valence-corrected chi connectivity index (χ3v) is 10.8. The highest BCUT2D eigenvalue weighted by Gasteiger charge is 2.19. The van der Waals surface area contributed by atoms with E-state index in [1.807, 2.05) is 6.08 Å². The number of ether oxygens (including phenoxy) is 3. The lowest BCUT2D eigenvalue weighted by Crippen LogP contribution is -2.30. The Kier molecular flexibility index (Phi) is 49.5. The monoisotopic (exact) mass is 901 g/mol. The zero-order chi connectivity index (χ0) is 47.2. The molecule has 0 bridgehead atoms. The van der Waals surface area contributed by atoms with Crippen LogP contribution in [-0.2, 0) is 28.6 Å². The molecule has 0 aliphatic rings. The minimum atomic E-state index is -0.816. The first-order valence-electron chi connectivity index (χ1n) is 26.4. The van der Waals surface area contributed by atoms with Crippen LogP contribution in [0.25, 0.3) is 0 Å². The summed E-state index contributed by atoms with van der Waals surface area (Å²) in [6.07, 6.45) is 70.8. The number of hydrogen-bond acceptors (Lipinski definition) is 6. The van der Waals surface area contributed by atoms with Gasteiger partial charge >= 0.3 is 17.9 Å². The van der Waals surface area contributed by atoms with Crippen molar-refractivity contribution in [1.29, 1.82) is 0 Å². The van der Waals surface area contributed by atoms with Gasteiger partial charge < -0.3 is 14.2 Å². The number of hydrogen-bond donors (Lipinski definition) is 0. The molecule has 0 saturated carbocycles. The van der Waals surface area contributed by atoms with Crippen LogP contribution in [0.1, 0.15) is 226 Å². The fourth-order valence-electron chi connectivity index (χ4n) is 6.94. The van der Waals surface area contributed by atoms with Crippen LogP contribution in [0.4, 0.5) is 0 Å². The molecule has 368 valence electrons. The van der Waals surface area contributed by atoms with Crippen molar-refractivity contribution in [1.82, 2.24) is 0 Å². The van der Waals surface area contributed by atoms with E-state index < -0.39 is 6.10 Å². The van der Waals surface area contributed by atoms with Gasteiger partial charge in [-0.25, -0.2) is 0 Å². The Hall–Kier alpha value is -3.93. The number of allylic oxidation sites excluding steroid dienone is 18. The van der Waals surface area contributed by atoms with Crippen molar-refractivity contribution in [3.05, 3.63) is 109 Å². The Bertz CT molecular complexity index is 1360. The number of carbonyl (C=O) groups is 3. The molecule has 0 heterocycles. The molecular weight excluding hydrogens is 805 g/mol. The zero-order valence-corrected chi connectivity index (χ0v) is 42.0. The third kappa shape index (κ3) is 50.9. The molecule has 1 unspecified atom stereocenters. The summed E-state index contributed by atoms with van der Waals surface area (Å²) in [6, 6.07) is 0. The molecule has 0 rings (SSSR count). The van der Waals surface area contributed by atoms with Crippen molar-refractivity contribution in [3.63, 3.8) is 0 Å². The lowest BCUT2D eigenvalue weighted by molar-refractivity contribution is -0.166. The van der Waals surface area contributed by atoms with E-state index in [0.29, 0.717) is 19.3 Å². The molecule has 6 nitrogen and oxygen atoms in total. The van der Waals surface area contributed by atoms with Crippen LogP contribution in [-0.4, -0.2) is 37.2 Å². The predicted molar refractivity (Wildman–Crippen MR) is 279 cm³/mol. The van der Waals surface area contributed by atoms with Crippen molar-refractivity contribution in [2.45, 2.75) is 232 Å². The highest BCUT2D eigenvalue weighted by atomic mass is 16.6. The summed E-state index contributed by atoms with van der Waals surface area (Å²) in [7, 11) is 0. The Morgan fingerprint density at radius 3 is 1.17 bits per heavy atom. The standard InChI is InChI=1S/C59H96O6/c1-4-7-10-13-16-19-22-25-27-28-29-30-32-34-37-40-43-46-49-52-58(61)64-55-56(54-63-57(60)51-48-45-42-39-36-33-24-21-18-15-12-9-6-3)65-59(62)53-50-47-44-41-38-35-31-26-23-20-17-14-11-8-5-2/h7,9-10,12,15-16,18-19,21,24-25,27,29-30,34,37,43,46,56H,4-6,8,11,13-14,17,20,22-23,26,28,31-33,35-36,38-42,44-45,47-55H2,1-3H3/b10-7+,12-9+,18-15+,19-16+,24-21+,27-25+,30-29+,37-34+,46-43+. The van der Waals surface area contributed by atoms with E-state index in [4.69, 9.17) is 14.2 Å². The fraction of sp³-hybridized carbons (Fsp3) is 0.644. The van der Waals surface area contributed by atoms with Gasteiger partial charge in [-0.2, -0.15) is 0 Å². The molecule has 0 saturated heterocycles. The minimum absolute atomic E-state index is 0.112. The molecule has 0 aromatic heterocycles. The molecule has 6 heteroatoms. The highest BCUT2D eigenvalue weighted by Crippen LogP contribution is 2.15.